The van der Waals surface area contributed by atoms with Gasteiger partial charge in [0.15, 0.2) is 5.82 Å². The number of amides is 1. The van der Waals surface area contributed by atoms with Gasteiger partial charge in [-0.3, -0.25) is 9.78 Å². The second kappa shape index (κ2) is 8.14. The molecule has 29 heavy (non-hydrogen) atoms. The fourth-order valence-corrected chi connectivity index (χ4v) is 3.44. The Morgan fingerprint density at radius 2 is 1.79 bits per heavy atom. The van der Waals surface area contributed by atoms with Crippen LogP contribution in [-0.4, -0.2) is 20.7 Å². The molecule has 2 aromatic carbocycles. The molecule has 0 unspecified atom stereocenters. The lowest BCUT2D eigenvalue weighted by molar-refractivity contribution is -0.128. The van der Waals surface area contributed by atoms with Crippen molar-refractivity contribution in [1.82, 2.24) is 20.1 Å². The molecule has 2 N–H and O–H groups in total. The standard InChI is InChI=1S/C22H25IN4O2/c1-13-6-7-15(12-24-20(28)22(3,4)5)14(2)18(13)19-25-21(29)27(26-19)17-10-8-16(23)9-11-17/h6-11H,12H2,1-5H3,(H,24,28)(H,25,26,29). The highest BCUT2D eigenvalue weighted by molar-refractivity contribution is 14.1. The molecule has 0 aliphatic heterocycles. The Morgan fingerprint density at radius 1 is 1.14 bits per heavy atom. The first kappa shape index (κ1) is 21.3. The summed E-state index contributed by atoms with van der Waals surface area (Å²) in [6, 6.07) is 11.6. The van der Waals surface area contributed by atoms with E-state index >= 15 is 0 Å². The quantitative estimate of drug-likeness (QED) is 0.525. The first-order valence-corrected chi connectivity index (χ1v) is 10.5. The van der Waals surface area contributed by atoms with Crippen LogP contribution in [0.2, 0.25) is 0 Å². The van der Waals surface area contributed by atoms with Crippen molar-refractivity contribution in [2.45, 2.75) is 41.2 Å². The molecule has 0 atom stereocenters. The monoisotopic (exact) mass is 504 g/mol. The molecule has 1 heterocycles. The van der Waals surface area contributed by atoms with Crippen molar-refractivity contribution in [1.29, 1.82) is 0 Å². The topological polar surface area (TPSA) is 79.8 Å². The Labute approximate surface area is 183 Å². The number of aromatic amines is 1. The Kier molecular flexibility index (Phi) is 5.97. The van der Waals surface area contributed by atoms with Crippen LogP contribution in [0.3, 0.4) is 0 Å². The van der Waals surface area contributed by atoms with Gasteiger partial charge in [0.2, 0.25) is 5.91 Å². The molecule has 0 fully saturated rings. The van der Waals surface area contributed by atoms with E-state index in [-0.39, 0.29) is 11.6 Å². The summed E-state index contributed by atoms with van der Waals surface area (Å²) in [4.78, 5) is 27.6. The Bertz CT molecular complexity index is 1110. The van der Waals surface area contributed by atoms with Gasteiger partial charge in [-0.25, -0.2) is 4.79 Å². The second-order valence-electron chi connectivity index (χ2n) is 8.14. The Morgan fingerprint density at radius 3 is 2.41 bits per heavy atom. The molecule has 6 nitrogen and oxygen atoms in total. The molecular weight excluding hydrogens is 479 g/mol. The maximum atomic E-state index is 12.5. The summed E-state index contributed by atoms with van der Waals surface area (Å²) >= 11 is 2.22. The van der Waals surface area contributed by atoms with Crippen LogP contribution < -0.4 is 11.0 Å². The number of carbonyl (C=O) groups excluding carboxylic acids is 1. The maximum Gasteiger partial charge on any atom is 0.348 e. The number of carbonyl (C=O) groups is 1. The molecule has 0 saturated carbocycles. The lowest BCUT2D eigenvalue weighted by Crippen LogP contribution is -2.34. The molecule has 152 valence electrons. The molecule has 0 spiro atoms. The maximum absolute atomic E-state index is 12.5. The first-order chi connectivity index (χ1) is 13.6. The van der Waals surface area contributed by atoms with Crippen molar-refractivity contribution in [3.63, 3.8) is 0 Å². The molecule has 0 bridgehead atoms. The van der Waals surface area contributed by atoms with E-state index in [0.717, 1.165) is 25.8 Å². The van der Waals surface area contributed by atoms with E-state index in [1.165, 1.54) is 4.68 Å². The first-order valence-electron chi connectivity index (χ1n) is 9.41. The SMILES string of the molecule is Cc1ccc(CNC(=O)C(C)(C)C)c(C)c1-c1nn(-c2ccc(I)cc2)c(=O)[nH]1. The van der Waals surface area contributed by atoms with E-state index in [0.29, 0.717) is 18.1 Å². The molecule has 1 aromatic heterocycles. The van der Waals surface area contributed by atoms with Gasteiger partial charge in [-0.05, 0) is 77.4 Å². The summed E-state index contributed by atoms with van der Waals surface area (Å²) in [5, 5.41) is 7.52. The number of nitrogens with one attached hydrogen (secondary N) is 2. The Balaban J connectivity index is 1.97. The smallest absolute Gasteiger partial charge is 0.348 e. The van der Waals surface area contributed by atoms with Gasteiger partial charge in [-0.15, -0.1) is 5.10 Å². The highest BCUT2D eigenvalue weighted by Crippen LogP contribution is 2.27. The van der Waals surface area contributed by atoms with Crippen LogP contribution in [0.25, 0.3) is 17.1 Å². The van der Waals surface area contributed by atoms with Crippen molar-refractivity contribution in [2.24, 2.45) is 5.41 Å². The van der Waals surface area contributed by atoms with Crippen LogP contribution in [0, 0.1) is 22.8 Å². The van der Waals surface area contributed by atoms with E-state index in [1.807, 2.05) is 71.0 Å². The Hall–Kier alpha value is -2.42. The van der Waals surface area contributed by atoms with Crippen LogP contribution in [-0.2, 0) is 11.3 Å². The molecule has 3 rings (SSSR count). The highest BCUT2D eigenvalue weighted by Gasteiger charge is 2.21. The summed E-state index contributed by atoms with van der Waals surface area (Å²) in [7, 11) is 0. The van der Waals surface area contributed by atoms with Gasteiger partial charge in [-0.1, -0.05) is 32.9 Å². The van der Waals surface area contributed by atoms with E-state index in [1.54, 1.807) is 0 Å². The number of aromatic nitrogens is 3. The number of benzene rings is 2. The van der Waals surface area contributed by atoms with Gasteiger partial charge < -0.3 is 5.32 Å². The van der Waals surface area contributed by atoms with Crippen LogP contribution in [0.1, 0.15) is 37.5 Å². The zero-order valence-corrected chi connectivity index (χ0v) is 19.4. The molecule has 1 amide bonds. The summed E-state index contributed by atoms with van der Waals surface area (Å²) in [5.74, 6) is 0.517. The van der Waals surface area contributed by atoms with Crippen molar-refractivity contribution >= 4 is 28.5 Å². The van der Waals surface area contributed by atoms with Crippen molar-refractivity contribution in [3.8, 4) is 17.1 Å². The van der Waals surface area contributed by atoms with Crippen molar-refractivity contribution in [3.05, 3.63) is 67.1 Å². The molecule has 0 aliphatic rings. The summed E-state index contributed by atoms with van der Waals surface area (Å²) in [5.41, 5.74) is 3.86. The number of nitrogens with zero attached hydrogens (tertiary/aromatic N) is 2. The van der Waals surface area contributed by atoms with Crippen LogP contribution in [0.4, 0.5) is 0 Å². The zero-order chi connectivity index (χ0) is 21.3. The fraction of sp³-hybridized carbons (Fsp3) is 0.318. The van der Waals surface area contributed by atoms with E-state index in [9.17, 15) is 9.59 Å². The number of H-pyrrole nitrogens is 1. The minimum Gasteiger partial charge on any atom is -0.352 e. The summed E-state index contributed by atoms with van der Waals surface area (Å²) < 4.78 is 2.46. The van der Waals surface area contributed by atoms with Gasteiger partial charge in [0, 0.05) is 21.1 Å². The summed E-state index contributed by atoms with van der Waals surface area (Å²) in [6.45, 7) is 10.1. The number of halogens is 1. The summed E-state index contributed by atoms with van der Waals surface area (Å²) in [6.07, 6.45) is 0. The van der Waals surface area contributed by atoms with Gasteiger partial charge >= 0.3 is 5.69 Å². The number of hydrogen-bond donors (Lipinski definition) is 2. The zero-order valence-electron chi connectivity index (χ0n) is 17.3. The van der Waals surface area contributed by atoms with Gasteiger partial charge in [-0.2, -0.15) is 4.68 Å². The molecule has 7 heteroatoms. The average Bonchev–Trinajstić information content (AvgIpc) is 3.02. The number of hydrogen-bond acceptors (Lipinski definition) is 3. The van der Waals surface area contributed by atoms with Crippen LogP contribution in [0.15, 0.2) is 41.2 Å². The van der Waals surface area contributed by atoms with Crippen molar-refractivity contribution < 1.29 is 4.79 Å². The minimum absolute atomic E-state index is 0.00424. The molecule has 3 aromatic rings. The van der Waals surface area contributed by atoms with E-state index < -0.39 is 5.41 Å². The fourth-order valence-electron chi connectivity index (χ4n) is 3.08. The lowest BCUT2D eigenvalue weighted by atomic mass is 9.94. The van der Waals surface area contributed by atoms with E-state index in [4.69, 9.17) is 0 Å². The largest absolute Gasteiger partial charge is 0.352 e. The third-order valence-electron chi connectivity index (χ3n) is 4.83. The second-order valence-corrected chi connectivity index (χ2v) is 9.39. The number of rotatable bonds is 4. The normalized spacial score (nSPS) is 11.5. The van der Waals surface area contributed by atoms with Crippen molar-refractivity contribution in [2.75, 3.05) is 0 Å². The highest BCUT2D eigenvalue weighted by atomic mass is 127. The third-order valence-corrected chi connectivity index (χ3v) is 5.55. The lowest BCUT2D eigenvalue weighted by Gasteiger charge is -2.19. The van der Waals surface area contributed by atoms with Crippen LogP contribution >= 0.6 is 22.6 Å². The van der Waals surface area contributed by atoms with E-state index in [2.05, 4.69) is 38.0 Å². The third kappa shape index (κ3) is 4.60. The van der Waals surface area contributed by atoms with Gasteiger partial charge in [0.05, 0.1) is 5.69 Å². The molecule has 0 aliphatic carbocycles. The minimum atomic E-state index is -0.445. The number of aryl methyl sites for hydroxylation is 1. The molecule has 0 radical (unpaired) electrons. The van der Waals surface area contributed by atoms with Crippen LogP contribution in [0.5, 0.6) is 0 Å². The predicted octanol–water partition coefficient (Wildman–Crippen LogP) is 4.11. The average molecular weight is 504 g/mol. The predicted molar refractivity (Wildman–Crippen MR) is 123 cm³/mol. The van der Waals surface area contributed by atoms with Gasteiger partial charge in [0.1, 0.15) is 0 Å². The van der Waals surface area contributed by atoms with Gasteiger partial charge in [0.25, 0.3) is 0 Å². The molecular formula is C22H25IN4O2. The molecule has 0 saturated heterocycles.